The Hall–Kier alpha value is -2.98. The Balaban J connectivity index is 1.38. The number of benzene rings is 1. The van der Waals surface area contributed by atoms with Crippen LogP contribution in [-0.2, 0) is 22.7 Å². The molecule has 2 aliphatic rings. The van der Waals surface area contributed by atoms with Crippen molar-refractivity contribution in [3.8, 4) is 5.69 Å². The number of carbonyl (C=O) groups is 1. The minimum atomic E-state index is -0.760. The average molecular weight is 529 g/mol. The quantitative estimate of drug-likeness (QED) is 0.374. The fourth-order valence-corrected chi connectivity index (χ4v) is 5.15. The number of halogens is 1. The minimum Gasteiger partial charge on any atom is -0.427 e. The van der Waals surface area contributed by atoms with Gasteiger partial charge in [-0.05, 0) is 70.2 Å². The van der Waals surface area contributed by atoms with Crippen LogP contribution in [0.5, 0.6) is 0 Å². The van der Waals surface area contributed by atoms with Crippen molar-refractivity contribution in [2.45, 2.75) is 96.7 Å². The third-order valence-electron chi connectivity index (χ3n) is 6.70. The van der Waals surface area contributed by atoms with E-state index < -0.39 is 11.8 Å². The summed E-state index contributed by atoms with van der Waals surface area (Å²) < 4.78 is 12.9. The first-order valence-electron chi connectivity index (χ1n) is 12.8. The lowest BCUT2D eigenvalue weighted by molar-refractivity contribution is -0.155. The van der Waals surface area contributed by atoms with Crippen molar-refractivity contribution < 1.29 is 18.9 Å². The average Bonchev–Trinajstić information content (AvgIpc) is 3.43. The van der Waals surface area contributed by atoms with Gasteiger partial charge in [-0.25, -0.2) is 4.79 Å². The normalized spacial score (nSPS) is 20.3. The van der Waals surface area contributed by atoms with Crippen LogP contribution in [0.4, 0.5) is 4.79 Å². The number of aromatic nitrogens is 5. The minimum absolute atomic E-state index is 0.219. The van der Waals surface area contributed by atoms with E-state index in [4.69, 9.17) is 25.7 Å². The highest BCUT2D eigenvalue weighted by Crippen LogP contribution is 2.41. The maximum absolute atomic E-state index is 12.4. The van der Waals surface area contributed by atoms with E-state index in [0.717, 1.165) is 48.6 Å². The van der Waals surface area contributed by atoms with E-state index in [1.807, 2.05) is 18.2 Å². The predicted molar refractivity (Wildman–Crippen MR) is 135 cm³/mol. The number of carbonyl (C=O) groups excluding carboxylic acids is 1. The van der Waals surface area contributed by atoms with Crippen LogP contribution in [-0.4, -0.2) is 41.7 Å². The highest BCUT2D eigenvalue weighted by molar-refractivity contribution is 6.30. The number of fused-ring (bicyclic) bond motifs is 3. The Morgan fingerprint density at radius 1 is 1.11 bits per heavy atom. The van der Waals surface area contributed by atoms with Crippen molar-refractivity contribution >= 4 is 17.8 Å². The Bertz CT molecular complexity index is 1270. The number of ether oxygens (including phenoxy) is 1. The fourth-order valence-electron chi connectivity index (χ4n) is 4.96. The van der Waals surface area contributed by atoms with Gasteiger partial charge in [0, 0.05) is 22.8 Å². The van der Waals surface area contributed by atoms with Gasteiger partial charge in [0.05, 0.1) is 18.8 Å². The molecule has 0 N–H and O–H groups in total. The number of hydrogen-bond acceptors (Lipinski definition) is 9. The third-order valence-corrected chi connectivity index (χ3v) is 6.94. The van der Waals surface area contributed by atoms with Gasteiger partial charge in [-0.2, -0.15) is 4.98 Å². The lowest BCUT2D eigenvalue weighted by atomic mass is 9.81. The molecule has 11 heteroatoms. The van der Waals surface area contributed by atoms with Gasteiger partial charge in [-0.15, -0.1) is 15.3 Å². The summed E-state index contributed by atoms with van der Waals surface area (Å²) in [4.78, 5) is 22.6. The van der Waals surface area contributed by atoms with E-state index in [-0.39, 0.29) is 24.3 Å². The second-order valence-corrected chi connectivity index (χ2v) is 11.6. The zero-order valence-corrected chi connectivity index (χ0v) is 22.7. The van der Waals surface area contributed by atoms with Gasteiger partial charge >= 0.3 is 6.16 Å². The Kier molecular flexibility index (Phi) is 6.97. The second kappa shape index (κ2) is 10.1. The molecule has 1 aliphatic carbocycles. The van der Waals surface area contributed by atoms with Gasteiger partial charge in [-0.3, -0.25) is 4.57 Å². The van der Waals surface area contributed by atoms with Gasteiger partial charge in [0.25, 0.3) is 0 Å². The summed E-state index contributed by atoms with van der Waals surface area (Å²) >= 11 is 6.34. The van der Waals surface area contributed by atoms with Crippen LogP contribution in [0.1, 0.15) is 107 Å². The van der Waals surface area contributed by atoms with E-state index >= 15 is 0 Å². The molecule has 0 spiro atoms. The van der Waals surface area contributed by atoms with Crippen molar-refractivity contribution in [1.29, 1.82) is 0 Å². The molecule has 0 radical (unpaired) electrons. The molecule has 3 aromatic rings. The molecule has 10 nitrogen and oxygen atoms in total. The highest BCUT2D eigenvalue weighted by atomic mass is 35.5. The molecule has 1 saturated carbocycles. The first-order chi connectivity index (χ1) is 17.6. The zero-order chi connectivity index (χ0) is 26.3. The lowest BCUT2D eigenvalue weighted by Crippen LogP contribution is -2.31. The molecule has 0 unspecified atom stereocenters. The molecule has 1 fully saturated rings. The summed E-state index contributed by atoms with van der Waals surface area (Å²) in [6.07, 6.45) is 3.02. The second-order valence-electron chi connectivity index (χ2n) is 11.1. The molecule has 0 saturated heterocycles. The van der Waals surface area contributed by atoms with Crippen LogP contribution in [0, 0.1) is 0 Å². The first-order valence-corrected chi connectivity index (χ1v) is 13.2. The fraction of sp³-hybridized carbons (Fsp3) is 0.577. The monoisotopic (exact) mass is 528 g/mol. The van der Waals surface area contributed by atoms with Gasteiger partial charge in [0.1, 0.15) is 11.4 Å². The Morgan fingerprint density at radius 3 is 2.51 bits per heavy atom. The van der Waals surface area contributed by atoms with Crippen molar-refractivity contribution in [2.75, 3.05) is 0 Å². The molecule has 37 heavy (non-hydrogen) atoms. The third kappa shape index (κ3) is 5.65. The van der Waals surface area contributed by atoms with Crippen molar-refractivity contribution in [1.82, 2.24) is 30.0 Å². The molecule has 198 valence electrons. The summed E-state index contributed by atoms with van der Waals surface area (Å²) in [6, 6.07) is 5.72. The standard InChI is InChI=1S/C26H33ClN6O4/c1-15(2)24-28-22(31-36-24)16-6-8-17(9-7-16)23-30-29-21-14-32(37-25(34)35-26(3,4)5)13-18-12-19(27)10-11-20(18)33(21)23/h10-12,15-17H,6-9,13-14H2,1-5H3/t16-,17+. The van der Waals surface area contributed by atoms with E-state index in [9.17, 15) is 4.79 Å². The van der Waals surface area contributed by atoms with E-state index in [1.165, 1.54) is 0 Å². The molecular formula is C26H33ClN6O4. The molecule has 1 aliphatic heterocycles. The van der Waals surface area contributed by atoms with Crippen molar-refractivity contribution in [3.05, 3.63) is 52.1 Å². The van der Waals surface area contributed by atoms with Gasteiger partial charge in [-0.1, -0.05) is 30.6 Å². The molecule has 5 rings (SSSR count). The van der Waals surface area contributed by atoms with Crippen LogP contribution >= 0.6 is 11.6 Å². The van der Waals surface area contributed by atoms with E-state index in [0.29, 0.717) is 23.3 Å². The number of nitrogens with zero attached hydrogens (tertiary/aromatic N) is 6. The molecule has 0 bridgehead atoms. The summed E-state index contributed by atoms with van der Waals surface area (Å²) in [5.74, 6) is 3.83. The van der Waals surface area contributed by atoms with Crippen LogP contribution in [0.15, 0.2) is 22.7 Å². The summed E-state index contributed by atoms with van der Waals surface area (Å²) in [7, 11) is 0. The highest BCUT2D eigenvalue weighted by Gasteiger charge is 2.33. The van der Waals surface area contributed by atoms with Crippen LogP contribution in [0.25, 0.3) is 5.69 Å². The number of rotatable bonds is 4. The summed E-state index contributed by atoms with van der Waals surface area (Å²) in [5.41, 5.74) is 1.20. The van der Waals surface area contributed by atoms with Crippen molar-refractivity contribution in [3.63, 3.8) is 0 Å². The topological polar surface area (TPSA) is 108 Å². The molecule has 1 aromatic carbocycles. The maximum Gasteiger partial charge on any atom is 0.528 e. The van der Waals surface area contributed by atoms with Gasteiger partial charge in [0.15, 0.2) is 11.6 Å². The van der Waals surface area contributed by atoms with Crippen LogP contribution in [0.3, 0.4) is 0 Å². The summed E-state index contributed by atoms with van der Waals surface area (Å²) in [6.45, 7) is 10.1. The maximum atomic E-state index is 12.4. The molecule has 0 atom stereocenters. The van der Waals surface area contributed by atoms with Crippen molar-refractivity contribution in [2.24, 2.45) is 0 Å². The lowest BCUT2D eigenvalue weighted by Gasteiger charge is -2.26. The first kappa shape index (κ1) is 25.7. The smallest absolute Gasteiger partial charge is 0.427 e. The van der Waals surface area contributed by atoms with Gasteiger partial charge < -0.3 is 14.1 Å². The summed E-state index contributed by atoms with van der Waals surface area (Å²) in [5, 5.41) is 15.5. The van der Waals surface area contributed by atoms with E-state index in [2.05, 4.69) is 38.8 Å². The SMILES string of the molecule is CC(C)c1nc([C@H]2CC[C@@H](c3nnc4n3-c3ccc(Cl)cc3CN(OC(=O)OC(C)(C)C)C4)CC2)no1. The zero-order valence-electron chi connectivity index (χ0n) is 21.9. The molecule has 2 aromatic heterocycles. The van der Waals surface area contributed by atoms with Crippen LogP contribution in [0.2, 0.25) is 5.02 Å². The van der Waals surface area contributed by atoms with E-state index in [1.54, 1.807) is 25.8 Å². The molecular weight excluding hydrogens is 496 g/mol. The predicted octanol–water partition coefficient (Wildman–Crippen LogP) is 6.05. The molecule has 0 amide bonds. The Labute approximate surface area is 221 Å². The van der Waals surface area contributed by atoms with Crippen LogP contribution < -0.4 is 0 Å². The molecule has 3 heterocycles. The number of hydroxylamine groups is 2. The number of hydrogen-bond donors (Lipinski definition) is 0. The Morgan fingerprint density at radius 2 is 1.84 bits per heavy atom. The largest absolute Gasteiger partial charge is 0.528 e. The van der Waals surface area contributed by atoms with Gasteiger partial charge in [0.2, 0.25) is 5.89 Å².